The van der Waals surface area contributed by atoms with Crippen LogP contribution in [0.4, 0.5) is 0 Å². The number of benzene rings is 1. The molecule has 4 heteroatoms. The Bertz CT molecular complexity index is 817. The summed E-state index contributed by atoms with van der Waals surface area (Å²) in [6.45, 7) is 2.03. The van der Waals surface area contributed by atoms with Crippen molar-refractivity contribution in [1.29, 1.82) is 0 Å². The van der Waals surface area contributed by atoms with Gasteiger partial charge in [0.15, 0.2) is 5.78 Å². The predicted molar refractivity (Wildman–Crippen MR) is 81.6 cm³/mol. The van der Waals surface area contributed by atoms with Gasteiger partial charge in [0.25, 0.3) is 0 Å². The van der Waals surface area contributed by atoms with Gasteiger partial charge in [0.1, 0.15) is 11.4 Å². The average Bonchev–Trinajstić information content (AvgIpc) is 2.80. The molecule has 1 aromatic carbocycles. The van der Waals surface area contributed by atoms with E-state index < -0.39 is 0 Å². The van der Waals surface area contributed by atoms with E-state index in [2.05, 4.69) is 4.98 Å². The molecule has 0 aliphatic heterocycles. The standard InChI is InChI=1S/C17H16N2O2/c1-3-14-15(13-5-4-10-18-17(13)19(14)2)16(21)11-6-8-12(20)9-7-11/h4-10,20H,3H2,1-2H3. The van der Waals surface area contributed by atoms with Crippen LogP contribution in [0.1, 0.15) is 28.5 Å². The number of fused-ring (bicyclic) bond motifs is 1. The molecule has 0 unspecified atom stereocenters. The van der Waals surface area contributed by atoms with Gasteiger partial charge in [0.05, 0.1) is 5.56 Å². The first-order valence-electron chi connectivity index (χ1n) is 6.89. The van der Waals surface area contributed by atoms with E-state index in [1.807, 2.05) is 30.7 Å². The lowest BCUT2D eigenvalue weighted by molar-refractivity contribution is 0.103. The molecule has 0 atom stereocenters. The van der Waals surface area contributed by atoms with Gasteiger partial charge in [-0.3, -0.25) is 4.79 Å². The SMILES string of the molecule is CCc1c(C(=O)c2ccc(O)cc2)c2cccnc2n1C. The molecule has 1 N–H and O–H groups in total. The van der Waals surface area contributed by atoms with Crippen LogP contribution < -0.4 is 0 Å². The Hall–Kier alpha value is -2.62. The van der Waals surface area contributed by atoms with E-state index in [9.17, 15) is 9.90 Å². The zero-order chi connectivity index (χ0) is 15.0. The van der Waals surface area contributed by atoms with Crippen molar-refractivity contribution < 1.29 is 9.90 Å². The Kier molecular flexibility index (Phi) is 3.22. The molecule has 2 aromatic heterocycles. The lowest BCUT2D eigenvalue weighted by Gasteiger charge is -2.05. The molecule has 106 valence electrons. The zero-order valence-electron chi connectivity index (χ0n) is 12.0. The smallest absolute Gasteiger partial charge is 0.195 e. The normalized spacial score (nSPS) is 11.0. The van der Waals surface area contributed by atoms with E-state index in [0.717, 1.165) is 23.1 Å². The molecule has 3 aromatic rings. The van der Waals surface area contributed by atoms with Gasteiger partial charge in [-0.15, -0.1) is 0 Å². The predicted octanol–water partition coefficient (Wildman–Crippen LogP) is 3.07. The van der Waals surface area contributed by atoms with Gasteiger partial charge in [-0.1, -0.05) is 6.92 Å². The summed E-state index contributed by atoms with van der Waals surface area (Å²) in [6.07, 6.45) is 2.49. The number of hydrogen-bond donors (Lipinski definition) is 1. The summed E-state index contributed by atoms with van der Waals surface area (Å²) in [6, 6.07) is 10.1. The van der Waals surface area contributed by atoms with E-state index in [4.69, 9.17) is 0 Å². The van der Waals surface area contributed by atoms with Crippen LogP contribution in [0.25, 0.3) is 11.0 Å². The van der Waals surface area contributed by atoms with E-state index in [-0.39, 0.29) is 11.5 Å². The largest absolute Gasteiger partial charge is 0.508 e. The van der Waals surface area contributed by atoms with Crippen molar-refractivity contribution in [2.24, 2.45) is 7.05 Å². The second kappa shape index (κ2) is 5.05. The van der Waals surface area contributed by atoms with Crippen molar-refractivity contribution in [2.75, 3.05) is 0 Å². The summed E-state index contributed by atoms with van der Waals surface area (Å²) < 4.78 is 1.98. The van der Waals surface area contributed by atoms with Crippen molar-refractivity contribution >= 4 is 16.8 Å². The minimum Gasteiger partial charge on any atom is -0.508 e. The molecule has 4 nitrogen and oxygen atoms in total. The molecule has 0 saturated carbocycles. The Morgan fingerprint density at radius 3 is 2.62 bits per heavy atom. The van der Waals surface area contributed by atoms with Crippen LogP contribution in [-0.2, 0) is 13.5 Å². The number of nitrogens with zero attached hydrogens (tertiary/aromatic N) is 2. The number of rotatable bonds is 3. The van der Waals surface area contributed by atoms with Crippen molar-refractivity contribution in [3.63, 3.8) is 0 Å². The summed E-state index contributed by atoms with van der Waals surface area (Å²) in [7, 11) is 1.93. The summed E-state index contributed by atoms with van der Waals surface area (Å²) in [4.78, 5) is 17.2. The molecule has 0 amide bonds. The molecular weight excluding hydrogens is 264 g/mol. The molecule has 0 fully saturated rings. The van der Waals surface area contributed by atoms with Crippen molar-refractivity contribution in [3.05, 3.63) is 59.4 Å². The molecule has 21 heavy (non-hydrogen) atoms. The number of carbonyl (C=O) groups excluding carboxylic acids is 1. The van der Waals surface area contributed by atoms with Crippen molar-refractivity contribution in [3.8, 4) is 5.75 Å². The first-order chi connectivity index (χ1) is 10.1. The highest BCUT2D eigenvalue weighted by Gasteiger charge is 2.21. The summed E-state index contributed by atoms with van der Waals surface area (Å²) in [5.74, 6) is 0.118. The molecule has 0 aliphatic carbocycles. The molecule has 0 aliphatic rings. The number of aromatic nitrogens is 2. The Morgan fingerprint density at radius 2 is 1.95 bits per heavy atom. The van der Waals surface area contributed by atoms with Crippen LogP contribution in [0.15, 0.2) is 42.6 Å². The summed E-state index contributed by atoms with van der Waals surface area (Å²) >= 11 is 0. The molecule has 0 bridgehead atoms. The van der Waals surface area contributed by atoms with Gasteiger partial charge in [0.2, 0.25) is 0 Å². The van der Waals surface area contributed by atoms with Crippen LogP contribution in [0.2, 0.25) is 0 Å². The molecule has 2 heterocycles. The molecule has 3 rings (SSSR count). The highest BCUT2D eigenvalue weighted by Crippen LogP contribution is 2.27. The van der Waals surface area contributed by atoms with E-state index in [0.29, 0.717) is 11.1 Å². The third-order valence-electron chi connectivity index (χ3n) is 3.76. The van der Waals surface area contributed by atoms with Gasteiger partial charge >= 0.3 is 0 Å². The number of phenols is 1. The number of phenolic OH excluding ortho intramolecular Hbond substituents is 1. The third-order valence-corrected chi connectivity index (χ3v) is 3.76. The first kappa shape index (κ1) is 13.4. The van der Waals surface area contributed by atoms with Gasteiger partial charge in [-0.2, -0.15) is 0 Å². The number of aryl methyl sites for hydroxylation is 1. The first-order valence-corrected chi connectivity index (χ1v) is 6.89. The van der Waals surface area contributed by atoms with Gasteiger partial charge in [0, 0.05) is 29.9 Å². The van der Waals surface area contributed by atoms with E-state index >= 15 is 0 Å². The van der Waals surface area contributed by atoms with E-state index in [1.54, 1.807) is 18.3 Å². The van der Waals surface area contributed by atoms with Crippen LogP contribution in [-0.4, -0.2) is 20.4 Å². The number of carbonyl (C=O) groups is 1. The number of ketones is 1. The number of hydrogen-bond acceptors (Lipinski definition) is 3. The Balaban J connectivity index is 2.24. The lowest BCUT2D eigenvalue weighted by Crippen LogP contribution is -2.05. The van der Waals surface area contributed by atoms with Crippen LogP contribution in [0.5, 0.6) is 5.75 Å². The lowest BCUT2D eigenvalue weighted by atomic mass is 10.00. The van der Waals surface area contributed by atoms with Gasteiger partial charge < -0.3 is 9.67 Å². The fourth-order valence-corrected chi connectivity index (χ4v) is 2.73. The highest BCUT2D eigenvalue weighted by atomic mass is 16.3. The summed E-state index contributed by atoms with van der Waals surface area (Å²) in [5.41, 5.74) is 3.06. The van der Waals surface area contributed by atoms with Crippen LogP contribution >= 0.6 is 0 Å². The minimum atomic E-state index is -0.0366. The second-order valence-corrected chi connectivity index (χ2v) is 4.98. The maximum Gasteiger partial charge on any atom is 0.195 e. The van der Waals surface area contributed by atoms with Gasteiger partial charge in [-0.05, 0) is 42.8 Å². The maximum absolute atomic E-state index is 12.8. The molecule has 0 spiro atoms. The summed E-state index contributed by atoms with van der Waals surface area (Å²) in [5, 5.41) is 10.2. The Labute approximate surface area is 122 Å². The average molecular weight is 280 g/mol. The fourth-order valence-electron chi connectivity index (χ4n) is 2.73. The van der Waals surface area contributed by atoms with E-state index in [1.165, 1.54) is 12.1 Å². The topological polar surface area (TPSA) is 55.1 Å². The maximum atomic E-state index is 12.8. The monoisotopic (exact) mass is 280 g/mol. The molecular formula is C17H16N2O2. The van der Waals surface area contributed by atoms with Crippen molar-refractivity contribution in [1.82, 2.24) is 9.55 Å². The zero-order valence-corrected chi connectivity index (χ0v) is 12.0. The molecule has 0 radical (unpaired) electrons. The van der Waals surface area contributed by atoms with Gasteiger partial charge in [-0.25, -0.2) is 4.98 Å². The number of pyridine rings is 1. The second-order valence-electron chi connectivity index (χ2n) is 4.98. The third kappa shape index (κ3) is 2.09. The van der Waals surface area contributed by atoms with Crippen molar-refractivity contribution in [2.45, 2.75) is 13.3 Å². The highest BCUT2D eigenvalue weighted by molar-refractivity contribution is 6.17. The fraction of sp³-hybridized carbons (Fsp3) is 0.176. The minimum absolute atomic E-state index is 0.0366. The Morgan fingerprint density at radius 1 is 1.24 bits per heavy atom. The quantitative estimate of drug-likeness (QED) is 0.750. The van der Waals surface area contributed by atoms with Crippen LogP contribution in [0.3, 0.4) is 0 Å². The number of aromatic hydroxyl groups is 1. The van der Waals surface area contributed by atoms with Crippen LogP contribution in [0, 0.1) is 0 Å². The molecule has 0 saturated heterocycles.